The van der Waals surface area contributed by atoms with Crippen molar-refractivity contribution in [3.8, 4) is 27.9 Å². The molecular formula is C32H25N. The molecule has 33 heavy (non-hydrogen) atoms. The Balaban J connectivity index is 1.64. The molecule has 0 bridgehead atoms. The summed E-state index contributed by atoms with van der Waals surface area (Å²) in [5.41, 5.74) is 11.2. The van der Waals surface area contributed by atoms with Crippen LogP contribution in [0.1, 0.15) is 11.1 Å². The van der Waals surface area contributed by atoms with Crippen LogP contribution in [0.25, 0.3) is 49.7 Å². The van der Waals surface area contributed by atoms with Gasteiger partial charge in [0.25, 0.3) is 0 Å². The smallest absolute Gasteiger partial charge is 0.0541 e. The zero-order valence-electron chi connectivity index (χ0n) is 18.9. The molecule has 5 aromatic carbocycles. The third-order valence-corrected chi connectivity index (χ3v) is 6.55. The summed E-state index contributed by atoms with van der Waals surface area (Å²) < 4.78 is 2.38. The second-order valence-electron chi connectivity index (χ2n) is 8.87. The summed E-state index contributed by atoms with van der Waals surface area (Å²) in [6, 6.07) is 41.9. The van der Waals surface area contributed by atoms with Gasteiger partial charge in [0.15, 0.2) is 0 Å². The molecule has 1 aromatic heterocycles. The van der Waals surface area contributed by atoms with Crippen molar-refractivity contribution in [1.29, 1.82) is 0 Å². The van der Waals surface area contributed by atoms with Gasteiger partial charge in [-0.2, -0.15) is 0 Å². The number of para-hydroxylation sites is 1. The maximum absolute atomic E-state index is 2.38. The average molecular weight is 424 g/mol. The van der Waals surface area contributed by atoms with Gasteiger partial charge in [0, 0.05) is 16.5 Å². The van der Waals surface area contributed by atoms with Gasteiger partial charge in [0.1, 0.15) is 0 Å². The van der Waals surface area contributed by atoms with Gasteiger partial charge < -0.3 is 4.57 Å². The maximum Gasteiger partial charge on any atom is 0.0541 e. The highest BCUT2D eigenvalue weighted by atomic mass is 15.0. The van der Waals surface area contributed by atoms with E-state index in [-0.39, 0.29) is 0 Å². The van der Waals surface area contributed by atoms with E-state index in [4.69, 9.17) is 0 Å². The van der Waals surface area contributed by atoms with Crippen molar-refractivity contribution in [2.24, 2.45) is 0 Å². The van der Waals surface area contributed by atoms with Crippen molar-refractivity contribution < 1.29 is 0 Å². The highest BCUT2D eigenvalue weighted by Gasteiger charge is 2.14. The monoisotopic (exact) mass is 423 g/mol. The number of rotatable bonds is 3. The van der Waals surface area contributed by atoms with E-state index >= 15 is 0 Å². The zero-order valence-corrected chi connectivity index (χ0v) is 18.9. The molecule has 6 aromatic rings. The Morgan fingerprint density at radius 3 is 1.30 bits per heavy atom. The van der Waals surface area contributed by atoms with Crippen LogP contribution in [0.5, 0.6) is 0 Å². The molecule has 6 rings (SSSR count). The summed E-state index contributed by atoms with van der Waals surface area (Å²) in [4.78, 5) is 0. The van der Waals surface area contributed by atoms with Crippen molar-refractivity contribution >= 4 is 21.8 Å². The predicted molar refractivity (Wildman–Crippen MR) is 141 cm³/mol. The number of benzene rings is 5. The van der Waals surface area contributed by atoms with E-state index in [0.717, 1.165) is 0 Å². The lowest BCUT2D eigenvalue weighted by Crippen LogP contribution is -1.93. The van der Waals surface area contributed by atoms with E-state index in [0.29, 0.717) is 0 Å². The standard InChI is InChI=1S/C32H25N/c1-22-8-12-24(13-9-22)26-16-18-31-29(20-26)30-21-27(25-14-10-23(2)11-15-25)17-19-32(30)33(31)28-6-4-3-5-7-28/h3-21H,1-2H3. The fourth-order valence-corrected chi connectivity index (χ4v) is 4.73. The van der Waals surface area contributed by atoms with E-state index in [1.807, 2.05) is 0 Å². The molecule has 1 nitrogen and oxygen atoms in total. The summed E-state index contributed by atoms with van der Waals surface area (Å²) >= 11 is 0. The molecule has 1 heteroatoms. The highest BCUT2D eigenvalue weighted by Crippen LogP contribution is 2.37. The first-order valence-electron chi connectivity index (χ1n) is 11.5. The zero-order chi connectivity index (χ0) is 22.4. The van der Waals surface area contributed by atoms with Crippen LogP contribution in [0.3, 0.4) is 0 Å². The first-order chi connectivity index (χ1) is 16.2. The minimum absolute atomic E-state index is 1.18. The third-order valence-electron chi connectivity index (χ3n) is 6.55. The van der Waals surface area contributed by atoms with Crippen LogP contribution < -0.4 is 0 Å². The molecule has 0 aliphatic heterocycles. The largest absolute Gasteiger partial charge is 0.309 e. The summed E-state index contributed by atoms with van der Waals surface area (Å²) in [5.74, 6) is 0. The summed E-state index contributed by atoms with van der Waals surface area (Å²) in [6.07, 6.45) is 0. The number of hydrogen-bond donors (Lipinski definition) is 0. The van der Waals surface area contributed by atoms with Crippen LogP contribution in [0.15, 0.2) is 115 Å². The molecule has 0 aliphatic rings. The van der Waals surface area contributed by atoms with E-state index < -0.39 is 0 Å². The van der Waals surface area contributed by atoms with Crippen LogP contribution in [0.2, 0.25) is 0 Å². The molecule has 0 saturated carbocycles. The number of fused-ring (bicyclic) bond motifs is 3. The third kappa shape index (κ3) is 3.43. The van der Waals surface area contributed by atoms with Gasteiger partial charge >= 0.3 is 0 Å². The number of nitrogens with zero attached hydrogens (tertiary/aromatic N) is 1. The fourth-order valence-electron chi connectivity index (χ4n) is 4.73. The van der Waals surface area contributed by atoms with Gasteiger partial charge in [0.05, 0.1) is 11.0 Å². The van der Waals surface area contributed by atoms with E-state index in [2.05, 4.69) is 134 Å². The SMILES string of the molecule is Cc1ccc(-c2ccc3c(c2)c2cc(-c4ccc(C)cc4)ccc2n3-c2ccccc2)cc1. The highest BCUT2D eigenvalue weighted by molar-refractivity contribution is 6.11. The van der Waals surface area contributed by atoms with Crippen LogP contribution >= 0.6 is 0 Å². The molecule has 0 fully saturated rings. The molecule has 0 radical (unpaired) electrons. The second-order valence-corrected chi connectivity index (χ2v) is 8.87. The molecule has 158 valence electrons. The molecule has 0 spiro atoms. The summed E-state index contributed by atoms with van der Waals surface area (Å²) in [6.45, 7) is 4.26. The Labute approximate surface area is 194 Å². The Morgan fingerprint density at radius 1 is 0.424 bits per heavy atom. The Kier molecular flexibility index (Phi) is 4.62. The van der Waals surface area contributed by atoms with Crippen LogP contribution in [0, 0.1) is 13.8 Å². The lowest BCUT2D eigenvalue weighted by atomic mass is 9.99. The Bertz CT molecular complexity index is 1480. The van der Waals surface area contributed by atoms with Crippen molar-refractivity contribution in [3.63, 3.8) is 0 Å². The van der Waals surface area contributed by atoms with Crippen LogP contribution in [0.4, 0.5) is 0 Å². The molecule has 0 N–H and O–H groups in total. The predicted octanol–water partition coefficient (Wildman–Crippen LogP) is 8.73. The lowest BCUT2D eigenvalue weighted by Gasteiger charge is -2.08. The average Bonchev–Trinajstić information content (AvgIpc) is 3.18. The van der Waals surface area contributed by atoms with E-state index in [1.54, 1.807) is 0 Å². The van der Waals surface area contributed by atoms with Crippen molar-refractivity contribution in [1.82, 2.24) is 4.57 Å². The maximum atomic E-state index is 2.38. The van der Waals surface area contributed by atoms with Crippen molar-refractivity contribution in [3.05, 3.63) is 126 Å². The van der Waals surface area contributed by atoms with E-state index in [9.17, 15) is 0 Å². The fraction of sp³-hybridized carbons (Fsp3) is 0.0625. The molecule has 0 saturated heterocycles. The molecule has 0 unspecified atom stereocenters. The molecule has 0 atom stereocenters. The minimum Gasteiger partial charge on any atom is -0.309 e. The van der Waals surface area contributed by atoms with Crippen LogP contribution in [-0.2, 0) is 0 Å². The molecule has 0 amide bonds. The minimum atomic E-state index is 1.18. The van der Waals surface area contributed by atoms with Crippen LogP contribution in [-0.4, -0.2) is 4.57 Å². The van der Waals surface area contributed by atoms with Crippen molar-refractivity contribution in [2.75, 3.05) is 0 Å². The molecule has 0 aliphatic carbocycles. The first kappa shape index (κ1) is 19.6. The summed E-state index contributed by atoms with van der Waals surface area (Å²) in [5, 5.41) is 2.56. The van der Waals surface area contributed by atoms with Gasteiger partial charge in [-0.15, -0.1) is 0 Å². The molecule has 1 heterocycles. The van der Waals surface area contributed by atoms with Gasteiger partial charge in [-0.3, -0.25) is 0 Å². The van der Waals surface area contributed by atoms with Gasteiger partial charge in [-0.1, -0.05) is 90.0 Å². The van der Waals surface area contributed by atoms with Gasteiger partial charge in [-0.05, 0) is 72.5 Å². The molecular weight excluding hydrogens is 398 g/mol. The summed E-state index contributed by atoms with van der Waals surface area (Å²) in [7, 11) is 0. The Hall–Kier alpha value is -4.10. The Morgan fingerprint density at radius 2 is 0.848 bits per heavy atom. The first-order valence-corrected chi connectivity index (χ1v) is 11.5. The normalized spacial score (nSPS) is 11.3. The van der Waals surface area contributed by atoms with Gasteiger partial charge in [0.2, 0.25) is 0 Å². The van der Waals surface area contributed by atoms with E-state index in [1.165, 1.54) is 60.9 Å². The topological polar surface area (TPSA) is 4.93 Å². The quantitative estimate of drug-likeness (QED) is 0.268. The second kappa shape index (κ2) is 7.79. The van der Waals surface area contributed by atoms with Gasteiger partial charge in [-0.25, -0.2) is 0 Å². The number of aromatic nitrogens is 1. The number of aryl methyl sites for hydroxylation is 2. The number of hydrogen-bond acceptors (Lipinski definition) is 0. The van der Waals surface area contributed by atoms with Crippen molar-refractivity contribution in [2.45, 2.75) is 13.8 Å². The lowest BCUT2D eigenvalue weighted by molar-refractivity contribution is 1.18.